The lowest BCUT2D eigenvalue weighted by Gasteiger charge is -2.13. The lowest BCUT2D eigenvalue weighted by molar-refractivity contribution is -0.138. The van der Waals surface area contributed by atoms with E-state index in [1.54, 1.807) is 30.5 Å². The molecular formula is C24H23F4N5OS. The first-order chi connectivity index (χ1) is 16.6. The van der Waals surface area contributed by atoms with Crippen LogP contribution < -0.4 is 5.32 Å². The van der Waals surface area contributed by atoms with Crippen LogP contribution in [0.25, 0.3) is 17.0 Å². The number of amides is 1. The summed E-state index contributed by atoms with van der Waals surface area (Å²) in [5, 5.41) is 8.25. The number of amidine groups is 1. The molecule has 0 aliphatic carbocycles. The molecular weight excluding hydrogens is 482 g/mol. The van der Waals surface area contributed by atoms with Crippen molar-refractivity contribution in [3.63, 3.8) is 0 Å². The van der Waals surface area contributed by atoms with Gasteiger partial charge in [0, 0.05) is 11.9 Å². The van der Waals surface area contributed by atoms with Crippen molar-refractivity contribution in [3.05, 3.63) is 70.0 Å². The summed E-state index contributed by atoms with van der Waals surface area (Å²) < 4.78 is 54.9. The van der Waals surface area contributed by atoms with Crippen LogP contribution in [-0.4, -0.2) is 52.9 Å². The van der Waals surface area contributed by atoms with Gasteiger partial charge in [0.1, 0.15) is 5.82 Å². The number of carbonyl (C=O) groups excluding carboxylic acids is 1. The van der Waals surface area contributed by atoms with Gasteiger partial charge in [0.25, 0.3) is 5.91 Å². The summed E-state index contributed by atoms with van der Waals surface area (Å²) in [5.41, 5.74) is 0.273. The van der Waals surface area contributed by atoms with E-state index in [1.165, 1.54) is 16.4 Å². The largest absolute Gasteiger partial charge is 0.416 e. The SMILES string of the molecule is CN(C)CCCN=C1NC(=O)C(=Cc2ccc3c(cnn3Cc3ccc(F)cc3C(F)(F)F)c2)S1. The maximum absolute atomic E-state index is 13.4. The predicted molar refractivity (Wildman–Crippen MR) is 129 cm³/mol. The summed E-state index contributed by atoms with van der Waals surface area (Å²) in [5.74, 6) is -1.17. The second-order valence-electron chi connectivity index (χ2n) is 8.33. The summed E-state index contributed by atoms with van der Waals surface area (Å²) in [4.78, 5) is 19.3. The Hall–Kier alpha value is -3.18. The highest BCUT2D eigenvalue weighted by Crippen LogP contribution is 2.33. The number of aliphatic imine (C=N–C) groups is 1. The van der Waals surface area contributed by atoms with Gasteiger partial charge in [-0.25, -0.2) is 4.39 Å². The third-order valence-electron chi connectivity index (χ3n) is 5.33. The van der Waals surface area contributed by atoms with Crippen LogP contribution in [0.5, 0.6) is 0 Å². The van der Waals surface area contributed by atoms with Crippen LogP contribution in [0.15, 0.2) is 52.5 Å². The monoisotopic (exact) mass is 505 g/mol. The molecule has 1 amide bonds. The number of aromatic nitrogens is 2. The zero-order valence-electron chi connectivity index (χ0n) is 19.1. The van der Waals surface area contributed by atoms with Crippen molar-refractivity contribution >= 4 is 39.8 Å². The number of benzene rings is 2. The quantitative estimate of drug-likeness (QED) is 0.286. The Morgan fingerprint density at radius 2 is 2.00 bits per heavy atom. The number of carbonyl (C=O) groups is 1. The molecule has 0 radical (unpaired) electrons. The van der Waals surface area contributed by atoms with E-state index < -0.39 is 17.6 Å². The second-order valence-corrected chi connectivity index (χ2v) is 9.36. The summed E-state index contributed by atoms with van der Waals surface area (Å²) in [7, 11) is 3.98. The third kappa shape index (κ3) is 6.09. The molecule has 0 spiro atoms. The number of rotatable bonds is 7. The Labute approximate surface area is 203 Å². The molecule has 1 fully saturated rings. The van der Waals surface area contributed by atoms with Gasteiger partial charge in [0.2, 0.25) is 0 Å². The van der Waals surface area contributed by atoms with Crippen molar-refractivity contribution < 1.29 is 22.4 Å². The lowest BCUT2D eigenvalue weighted by Crippen LogP contribution is -2.20. The van der Waals surface area contributed by atoms with E-state index in [0.29, 0.717) is 33.6 Å². The maximum atomic E-state index is 13.4. The Bertz CT molecular complexity index is 1310. The van der Waals surface area contributed by atoms with Crippen LogP contribution in [-0.2, 0) is 17.5 Å². The van der Waals surface area contributed by atoms with Gasteiger partial charge in [-0.2, -0.15) is 18.3 Å². The molecule has 11 heteroatoms. The molecule has 35 heavy (non-hydrogen) atoms. The fourth-order valence-corrected chi connectivity index (χ4v) is 4.50. The van der Waals surface area contributed by atoms with E-state index >= 15 is 0 Å². The molecule has 184 valence electrons. The molecule has 1 N–H and O–H groups in total. The molecule has 0 bridgehead atoms. The van der Waals surface area contributed by atoms with Crippen LogP contribution in [0.3, 0.4) is 0 Å². The van der Waals surface area contributed by atoms with Gasteiger partial charge >= 0.3 is 6.18 Å². The van der Waals surface area contributed by atoms with Crippen LogP contribution in [0.4, 0.5) is 17.6 Å². The topological polar surface area (TPSA) is 62.5 Å². The highest BCUT2D eigenvalue weighted by atomic mass is 32.2. The molecule has 1 saturated heterocycles. The maximum Gasteiger partial charge on any atom is 0.416 e. The zero-order chi connectivity index (χ0) is 25.2. The number of thioether (sulfide) groups is 1. The first kappa shape index (κ1) is 24.9. The zero-order valence-corrected chi connectivity index (χ0v) is 19.9. The molecule has 2 heterocycles. The average molecular weight is 506 g/mol. The molecule has 4 rings (SSSR count). The van der Waals surface area contributed by atoms with Crippen molar-refractivity contribution in [2.75, 3.05) is 27.2 Å². The van der Waals surface area contributed by atoms with Gasteiger partial charge in [-0.05, 0) is 80.3 Å². The Balaban J connectivity index is 1.52. The van der Waals surface area contributed by atoms with Crippen LogP contribution in [0.2, 0.25) is 0 Å². The van der Waals surface area contributed by atoms with Crippen molar-refractivity contribution in [1.82, 2.24) is 20.0 Å². The molecule has 0 unspecified atom stereocenters. The van der Waals surface area contributed by atoms with E-state index in [9.17, 15) is 22.4 Å². The Kier molecular flexibility index (Phi) is 7.27. The van der Waals surface area contributed by atoms with Gasteiger partial charge in [-0.1, -0.05) is 12.1 Å². The minimum Gasteiger partial charge on any atom is -0.309 e. The van der Waals surface area contributed by atoms with E-state index in [2.05, 4.69) is 20.3 Å². The van der Waals surface area contributed by atoms with E-state index in [1.807, 2.05) is 14.1 Å². The molecule has 0 saturated carbocycles. The van der Waals surface area contributed by atoms with Crippen molar-refractivity contribution in [2.45, 2.75) is 19.1 Å². The van der Waals surface area contributed by atoms with Crippen molar-refractivity contribution in [2.24, 2.45) is 4.99 Å². The standard InChI is InChI=1S/C24H23F4N5OS/c1-32(2)9-3-8-29-23-31-22(34)21(35-23)11-15-4-7-20-17(10-15)13-30-33(20)14-16-5-6-18(25)12-19(16)24(26,27)28/h4-7,10-13H,3,8-9,14H2,1-2H3,(H,29,31,34). The van der Waals surface area contributed by atoms with Crippen LogP contribution in [0.1, 0.15) is 23.1 Å². The fraction of sp³-hybridized carbons (Fsp3) is 0.292. The normalized spacial score (nSPS) is 16.7. The average Bonchev–Trinajstić information content (AvgIpc) is 3.34. The molecule has 2 aromatic carbocycles. The van der Waals surface area contributed by atoms with Gasteiger partial charge in [0.05, 0.1) is 28.7 Å². The molecule has 1 aliphatic heterocycles. The number of hydrogen-bond acceptors (Lipinski definition) is 5. The van der Waals surface area contributed by atoms with E-state index in [-0.39, 0.29) is 18.0 Å². The number of fused-ring (bicyclic) bond motifs is 1. The smallest absolute Gasteiger partial charge is 0.309 e. The first-order valence-corrected chi connectivity index (χ1v) is 11.6. The number of hydrogen-bond donors (Lipinski definition) is 1. The number of halogens is 4. The first-order valence-electron chi connectivity index (χ1n) is 10.8. The van der Waals surface area contributed by atoms with Crippen LogP contribution in [0, 0.1) is 5.82 Å². The number of alkyl halides is 3. The van der Waals surface area contributed by atoms with E-state index in [0.717, 1.165) is 30.7 Å². The molecule has 0 atom stereocenters. The molecule has 6 nitrogen and oxygen atoms in total. The fourth-order valence-electron chi connectivity index (χ4n) is 3.65. The molecule has 1 aromatic heterocycles. The summed E-state index contributed by atoms with van der Waals surface area (Å²) in [6.07, 6.45) is -0.503. The minimum absolute atomic E-state index is 0.0773. The van der Waals surface area contributed by atoms with Gasteiger partial charge in [-0.15, -0.1) is 0 Å². The second kappa shape index (κ2) is 10.2. The molecule has 1 aliphatic rings. The van der Waals surface area contributed by atoms with Gasteiger partial charge in [-0.3, -0.25) is 14.5 Å². The number of nitrogens with zero attached hydrogens (tertiary/aromatic N) is 4. The lowest BCUT2D eigenvalue weighted by atomic mass is 10.1. The summed E-state index contributed by atoms with van der Waals surface area (Å²) in [6.45, 7) is 1.36. The van der Waals surface area contributed by atoms with E-state index in [4.69, 9.17) is 0 Å². The minimum atomic E-state index is -4.67. The van der Waals surface area contributed by atoms with Crippen molar-refractivity contribution in [1.29, 1.82) is 0 Å². The Morgan fingerprint density at radius 1 is 1.20 bits per heavy atom. The predicted octanol–water partition coefficient (Wildman–Crippen LogP) is 4.75. The van der Waals surface area contributed by atoms with Gasteiger partial charge < -0.3 is 10.2 Å². The number of nitrogens with one attached hydrogen (secondary N) is 1. The summed E-state index contributed by atoms with van der Waals surface area (Å²) in [6, 6.07) is 7.93. The summed E-state index contributed by atoms with van der Waals surface area (Å²) >= 11 is 1.27. The Morgan fingerprint density at radius 3 is 2.74 bits per heavy atom. The highest BCUT2D eigenvalue weighted by molar-refractivity contribution is 8.18. The highest BCUT2D eigenvalue weighted by Gasteiger charge is 2.34. The molecule has 3 aromatic rings. The third-order valence-corrected chi connectivity index (χ3v) is 6.28. The van der Waals surface area contributed by atoms with Crippen LogP contribution >= 0.6 is 11.8 Å². The van der Waals surface area contributed by atoms with Crippen molar-refractivity contribution in [3.8, 4) is 0 Å². The van der Waals surface area contributed by atoms with Gasteiger partial charge in [0.15, 0.2) is 5.17 Å².